The molecule has 5 nitrogen and oxygen atoms in total. The molecule has 0 bridgehead atoms. The SMILES string of the molecule is COc1ccc([C@@H]2C3=C(CCCC3=O)N=C(C)C2C#N)c(OC)c1. The summed E-state index contributed by atoms with van der Waals surface area (Å²) in [6, 6.07) is 7.84. The number of carbonyl (C=O) groups excluding carboxylic acids is 1. The molecule has 1 aliphatic heterocycles. The van der Waals surface area contributed by atoms with E-state index in [4.69, 9.17) is 9.47 Å². The number of carbonyl (C=O) groups is 1. The third kappa shape index (κ3) is 2.58. The molecule has 5 heteroatoms. The molecule has 2 aliphatic rings. The second-order valence-corrected chi connectivity index (χ2v) is 6.08. The summed E-state index contributed by atoms with van der Waals surface area (Å²) in [6.07, 6.45) is 2.12. The highest BCUT2D eigenvalue weighted by Crippen LogP contribution is 2.46. The predicted molar refractivity (Wildman–Crippen MR) is 90.4 cm³/mol. The maximum absolute atomic E-state index is 12.6. The molecule has 0 amide bonds. The van der Waals surface area contributed by atoms with Gasteiger partial charge in [-0.3, -0.25) is 9.79 Å². The average Bonchev–Trinajstić information content (AvgIpc) is 2.60. The number of benzene rings is 1. The van der Waals surface area contributed by atoms with E-state index in [0.29, 0.717) is 23.5 Å². The Bertz CT molecular complexity index is 786. The van der Waals surface area contributed by atoms with Crippen molar-refractivity contribution >= 4 is 11.5 Å². The van der Waals surface area contributed by atoms with Crippen LogP contribution in [0.4, 0.5) is 0 Å². The number of allylic oxidation sites excluding steroid dienone is 2. The fourth-order valence-electron chi connectivity index (χ4n) is 3.58. The van der Waals surface area contributed by atoms with Crippen LogP contribution in [-0.2, 0) is 4.79 Å². The summed E-state index contributed by atoms with van der Waals surface area (Å²) in [5, 5.41) is 9.70. The Kier molecular flexibility index (Phi) is 4.39. The first-order chi connectivity index (χ1) is 11.6. The Labute approximate surface area is 141 Å². The minimum atomic E-state index is -0.465. The third-order valence-corrected chi connectivity index (χ3v) is 4.75. The van der Waals surface area contributed by atoms with E-state index in [1.807, 2.05) is 19.1 Å². The summed E-state index contributed by atoms with van der Waals surface area (Å²) in [6.45, 7) is 1.86. The molecule has 1 aromatic rings. The summed E-state index contributed by atoms with van der Waals surface area (Å²) >= 11 is 0. The molecular weight excluding hydrogens is 304 g/mol. The summed E-state index contributed by atoms with van der Waals surface area (Å²) in [7, 11) is 3.18. The van der Waals surface area contributed by atoms with Crippen LogP contribution < -0.4 is 9.47 Å². The van der Waals surface area contributed by atoms with Gasteiger partial charge in [0.2, 0.25) is 0 Å². The Morgan fingerprint density at radius 1 is 1.25 bits per heavy atom. The van der Waals surface area contributed by atoms with Crippen LogP contribution >= 0.6 is 0 Å². The zero-order valence-corrected chi connectivity index (χ0v) is 14.1. The maximum atomic E-state index is 12.6. The molecule has 0 fully saturated rings. The molecule has 0 spiro atoms. The number of nitrogens with zero attached hydrogens (tertiary/aromatic N) is 2. The van der Waals surface area contributed by atoms with Crippen molar-refractivity contribution in [3.05, 3.63) is 35.0 Å². The average molecular weight is 324 g/mol. The molecule has 3 rings (SSSR count). The second kappa shape index (κ2) is 6.48. The number of methoxy groups -OCH3 is 2. The van der Waals surface area contributed by atoms with Gasteiger partial charge >= 0.3 is 0 Å². The highest BCUT2D eigenvalue weighted by molar-refractivity contribution is 6.03. The number of hydrogen-bond donors (Lipinski definition) is 0. The van der Waals surface area contributed by atoms with Crippen LogP contribution in [0, 0.1) is 17.2 Å². The zero-order chi connectivity index (χ0) is 17.3. The number of ketones is 1. The van der Waals surface area contributed by atoms with Crippen molar-refractivity contribution in [1.29, 1.82) is 5.26 Å². The van der Waals surface area contributed by atoms with Crippen LogP contribution in [0.15, 0.2) is 34.5 Å². The Morgan fingerprint density at radius 2 is 2.04 bits per heavy atom. The van der Waals surface area contributed by atoms with Gasteiger partial charge in [-0.25, -0.2) is 0 Å². The van der Waals surface area contributed by atoms with Gasteiger partial charge < -0.3 is 9.47 Å². The van der Waals surface area contributed by atoms with Crippen molar-refractivity contribution in [1.82, 2.24) is 0 Å². The van der Waals surface area contributed by atoms with E-state index in [-0.39, 0.29) is 11.7 Å². The normalized spacial score (nSPS) is 23.2. The number of rotatable bonds is 3. The van der Waals surface area contributed by atoms with Gasteiger partial charge in [0.15, 0.2) is 5.78 Å². The van der Waals surface area contributed by atoms with Gasteiger partial charge in [0.1, 0.15) is 11.5 Å². The van der Waals surface area contributed by atoms with Crippen molar-refractivity contribution in [2.75, 3.05) is 14.2 Å². The van der Waals surface area contributed by atoms with Crippen molar-refractivity contribution < 1.29 is 14.3 Å². The van der Waals surface area contributed by atoms with Crippen molar-refractivity contribution in [2.24, 2.45) is 10.9 Å². The lowest BCUT2D eigenvalue weighted by atomic mass is 9.72. The van der Waals surface area contributed by atoms with Crippen LogP contribution in [0.2, 0.25) is 0 Å². The molecule has 2 atom stereocenters. The zero-order valence-electron chi connectivity index (χ0n) is 14.1. The number of nitriles is 1. The molecule has 1 heterocycles. The lowest BCUT2D eigenvalue weighted by Crippen LogP contribution is -2.30. The summed E-state index contributed by atoms with van der Waals surface area (Å²) in [5.41, 5.74) is 3.11. The van der Waals surface area contributed by atoms with Gasteiger partial charge in [0, 0.05) is 41.0 Å². The summed E-state index contributed by atoms with van der Waals surface area (Å²) in [5.74, 6) is 0.592. The Morgan fingerprint density at radius 3 is 2.71 bits per heavy atom. The first-order valence-electron chi connectivity index (χ1n) is 8.03. The molecule has 1 unspecified atom stereocenters. The highest BCUT2D eigenvalue weighted by Gasteiger charge is 2.40. The van der Waals surface area contributed by atoms with Gasteiger partial charge in [-0.2, -0.15) is 5.26 Å². The van der Waals surface area contributed by atoms with Crippen molar-refractivity contribution in [2.45, 2.75) is 32.1 Å². The van der Waals surface area contributed by atoms with Gasteiger partial charge in [0.25, 0.3) is 0 Å². The van der Waals surface area contributed by atoms with Crippen LogP contribution in [0.3, 0.4) is 0 Å². The molecule has 0 saturated carbocycles. The first-order valence-corrected chi connectivity index (χ1v) is 8.03. The number of aliphatic imine (C=N–C) groups is 1. The lowest BCUT2D eigenvalue weighted by Gasteiger charge is -2.33. The quantitative estimate of drug-likeness (QED) is 0.854. The Hall–Kier alpha value is -2.61. The highest BCUT2D eigenvalue weighted by atomic mass is 16.5. The largest absolute Gasteiger partial charge is 0.497 e. The standard InChI is InChI=1S/C19H20N2O3/c1-11-14(10-20)18(19-15(21-11)5-4-6-16(19)22)13-8-7-12(23-2)9-17(13)24-3/h7-9,14,18H,4-6H2,1-3H3/t14?,18-/m0/s1. The van der Waals surface area contributed by atoms with E-state index in [1.54, 1.807) is 20.3 Å². The summed E-state index contributed by atoms with van der Waals surface area (Å²) < 4.78 is 10.8. The van der Waals surface area contributed by atoms with E-state index in [1.165, 1.54) is 0 Å². The lowest BCUT2D eigenvalue weighted by molar-refractivity contribution is -0.116. The molecule has 24 heavy (non-hydrogen) atoms. The van der Waals surface area contributed by atoms with Gasteiger partial charge in [0.05, 0.1) is 26.2 Å². The van der Waals surface area contributed by atoms with Gasteiger partial charge in [-0.05, 0) is 25.8 Å². The minimum Gasteiger partial charge on any atom is -0.497 e. The van der Waals surface area contributed by atoms with Gasteiger partial charge in [-0.1, -0.05) is 6.07 Å². The van der Waals surface area contributed by atoms with Gasteiger partial charge in [-0.15, -0.1) is 0 Å². The van der Waals surface area contributed by atoms with Crippen molar-refractivity contribution in [3.63, 3.8) is 0 Å². The van der Waals surface area contributed by atoms with E-state index < -0.39 is 5.92 Å². The maximum Gasteiger partial charge on any atom is 0.161 e. The van der Waals surface area contributed by atoms with Crippen LogP contribution in [0.5, 0.6) is 11.5 Å². The number of ether oxygens (including phenoxy) is 2. The molecule has 0 radical (unpaired) electrons. The molecular formula is C19H20N2O3. The van der Waals surface area contributed by atoms with Crippen LogP contribution in [-0.4, -0.2) is 25.7 Å². The van der Waals surface area contributed by atoms with Crippen LogP contribution in [0.1, 0.15) is 37.7 Å². The molecule has 0 N–H and O–H groups in total. The van der Waals surface area contributed by atoms with E-state index >= 15 is 0 Å². The number of hydrogen-bond acceptors (Lipinski definition) is 5. The minimum absolute atomic E-state index is 0.0932. The fraction of sp³-hybridized carbons (Fsp3) is 0.421. The van der Waals surface area contributed by atoms with E-state index in [2.05, 4.69) is 11.1 Å². The molecule has 124 valence electrons. The molecule has 0 saturated heterocycles. The van der Waals surface area contributed by atoms with E-state index in [0.717, 1.165) is 29.8 Å². The summed E-state index contributed by atoms with van der Waals surface area (Å²) in [4.78, 5) is 17.2. The second-order valence-electron chi connectivity index (χ2n) is 6.08. The molecule has 1 aliphatic carbocycles. The monoisotopic (exact) mass is 324 g/mol. The molecule has 1 aromatic carbocycles. The Balaban J connectivity index is 2.20. The third-order valence-electron chi connectivity index (χ3n) is 4.75. The van der Waals surface area contributed by atoms with Crippen LogP contribution in [0.25, 0.3) is 0 Å². The first kappa shape index (κ1) is 16.3. The molecule has 0 aromatic heterocycles. The fourth-order valence-corrected chi connectivity index (χ4v) is 3.58. The number of Topliss-reactive ketones (excluding diaryl/α,β-unsaturated/α-hetero) is 1. The van der Waals surface area contributed by atoms with Crippen molar-refractivity contribution in [3.8, 4) is 17.6 Å². The predicted octanol–water partition coefficient (Wildman–Crippen LogP) is 3.41. The topological polar surface area (TPSA) is 71.7 Å². The van der Waals surface area contributed by atoms with E-state index in [9.17, 15) is 10.1 Å². The smallest absolute Gasteiger partial charge is 0.161 e.